The summed E-state index contributed by atoms with van der Waals surface area (Å²) in [6.07, 6.45) is 9.26. The van der Waals surface area contributed by atoms with Crippen LogP contribution in [0.25, 0.3) is 0 Å². The molecular formula is C13H20O2. The maximum absolute atomic E-state index is 5.68. The lowest BCUT2D eigenvalue weighted by Gasteiger charge is -2.23. The molecule has 0 heterocycles. The molecule has 1 aliphatic carbocycles. The average Bonchev–Trinajstić information content (AvgIpc) is 2.40. The fourth-order valence-electron chi connectivity index (χ4n) is 1.13. The minimum Gasteiger partial charge on any atom is -0.491 e. The van der Waals surface area contributed by atoms with E-state index < -0.39 is 0 Å². The Labute approximate surface area is 92.3 Å². The van der Waals surface area contributed by atoms with Crippen molar-refractivity contribution < 1.29 is 9.47 Å². The Hall–Kier alpha value is -1.02. The number of allylic oxidation sites excluding steroid dienone is 5. The number of rotatable bonds is 4. The summed E-state index contributed by atoms with van der Waals surface area (Å²) in [4.78, 5) is 0. The Kier molecular flexibility index (Phi) is 4.15. The monoisotopic (exact) mass is 208 g/mol. The standard InChI is InChI=1S/C13H20O2/c1-11-6-5-7-12(9-8-11)15-10-13(2,3)14-4/h6-9H,5,10H2,1-4H3. The van der Waals surface area contributed by atoms with E-state index in [0.29, 0.717) is 6.61 Å². The molecule has 0 radical (unpaired) electrons. The fraction of sp³-hybridized carbons (Fsp3) is 0.538. The Morgan fingerprint density at radius 1 is 1.27 bits per heavy atom. The zero-order chi connectivity index (χ0) is 11.3. The van der Waals surface area contributed by atoms with Gasteiger partial charge in [-0.25, -0.2) is 0 Å². The minimum absolute atomic E-state index is 0.233. The Morgan fingerprint density at radius 2 is 2.00 bits per heavy atom. The SMILES string of the molecule is COC(C)(C)COC1=CCC=C(C)C=C1. The summed E-state index contributed by atoms with van der Waals surface area (Å²) in [5.74, 6) is 0.924. The maximum atomic E-state index is 5.68. The van der Waals surface area contributed by atoms with Crippen LogP contribution in [0.5, 0.6) is 0 Å². The highest BCUT2D eigenvalue weighted by Crippen LogP contribution is 2.15. The Morgan fingerprint density at radius 3 is 2.67 bits per heavy atom. The van der Waals surface area contributed by atoms with Gasteiger partial charge in [0.2, 0.25) is 0 Å². The number of methoxy groups -OCH3 is 1. The molecule has 0 aromatic carbocycles. The molecule has 2 nitrogen and oxygen atoms in total. The van der Waals surface area contributed by atoms with Crippen molar-refractivity contribution in [2.24, 2.45) is 0 Å². The van der Waals surface area contributed by atoms with Gasteiger partial charge in [-0.15, -0.1) is 0 Å². The second-order valence-corrected chi connectivity index (χ2v) is 4.38. The quantitative estimate of drug-likeness (QED) is 0.706. The van der Waals surface area contributed by atoms with Gasteiger partial charge < -0.3 is 9.47 Å². The van der Waals surface area contributed by atoms with Crippen molar-refractivity contribution in [1.82, 2.24) is 0 Å². The maximum Gasteiger partial charge on any atom is 0.117 e. The highest BCUT2D eigenvalue weighted by atomic mass is 16.5. The molecule has 0 aromatic rings. The van der Waals surface area contributed by atoms with Crippen LogP contribution in [-0.4, -0.2) is 19.3 Å². The van der Waals surface area contributed by atoms with E-state index in [-0.39, 0.29) is 5.60 Å². The van der Waals surface area contributed by atoms with Crippen molar-refractivity contribution in [2.75, 3.05) is 13.7 Å². The molecule has 0 spiro atoms. The van der Waals surface area contributed by atoms with Crippen molar-refractivity contribution in [2.45, 2.75) is 32.8 Å². The van der Waals surface area contributed by atoms with Crippen LogP contribution in [0.15, 0.2) is 35.6 Å². The van der Waals surface area contributed by atoms with E-state index in [0.717, 1.165) is 12.2 Å². The molecule has 0 saturated carbocycles. The molecular weight excluding hydrogens is 188 g/mol. The number of ether oxygens (including phenoxy) is 2. The highest BCUT2D eigenvalue weighted by Gasteiger charge is 2.17. The lowest BCUT2D eigenvalue weighted by molar-refractivity contribution is -0.0313. The summed E-state index contributed by atoms with van der Waals surface area (Å²) in [5, 5.41) is 0. The van der Waals surface area contributed by atoms with Gasteiger partial charge in [0.1, 0.15) is 12.4 Å². The molecule has 1 aliphatic rings. The van der Waals surface area contributed by atoms with E-state index in [4.69, 9.17) is 9.47 Å². The first-order valence-electron chi connectivity index (χ1n) is 5.26. The third-order valence-corrected chi connectivity index (χ3v) is 2.41. The lowest BCUT2D eigenvalue weighted by Crippen LogP contribution is -2.28. The van der Waals surface area contributed by atoms with Crippen molar-refractivity contribution in [3.63, 3.8) is 0 Å². The van der Waals surface area contributed by atoms with Crippen LogP contribution in [0.1, 0.15) is 27.2 Å². The number of hydrogen-bond donors (Lipinski definition) is 0. The Balaban J connectivity index is 2.47. The van der Waals surface area contributed by atoms with Gasteiger partial charge in [-0.2, -0.15) is 0 Å². The summed E-state index contributed by atoms with van der Waals surface area (Å²) in [6.45, 7) is 6.68. The molecule has 84 valence electrons. The highest BCUT2D eigenvalue weighted by molar-refractivity contribution is 5.28. The van der Waals surface area contributed by atoms with Gasteiger partial charge in [-0.3, -0.25) is 0 Å². The molecule has 0 aromatic heterocycles. The van der Waals surface area contributed by atoms with Crippen LogP contribution >= 0.6 is 0 Å². The molecule has 1 rings (SSSR count). The first kappa shape index (κ1) is 12.1. The van der Waals surface area contributed by atoms with E-state index in [1.807, 2.05) is 19.9 Å². The van der Waals surface area contributed by atoms with E-state index >= 15 is 0 Å². The normalized spacial score (nSPS) is 16.8. The van der Waals surface area contributed by atoms with Crippen molar-refractivity contribution in [1.29, 1.82) is 0 Å². The van der Waals surface area contributed by atoms with E-state index in [1.165, 1.54) is 5.57 Å². The molecule has 0 aliphatic heterocycles. The van der Waals surface area contributed by atoms with Gasteiger partial charge in [-0.1, -0.05) is 17.7 Å². The topological polar surface area (TPSA) is 18.5 Å². The van der Waals surface area contributed by atoms with Gasteiger partial charge in [0.25, 0.3) is 0 Å². The summed E-state index contributed by atoms with van der Waals surface area (Å²) >= 11 is 0. The summed E-state index contributed by atoms with van der Waals surface area (Å²) < 4.78 is 11.0. The predicted molar refractivity (Wildman–Crippen MR) is 62.6 cm³/mol. The smallest absolute Gasteiger partial charge is 0.117 e. The summed E-state index contributed by atoms with van der Waals surface area (Å²) in [5.41, 5.74) is 1.04. The van der Waals surface area contributed by atoms with Crippen LogP contribution in [0.4, 0.5) is 0 Å². The largest absolute Gasteiger partial charge is 0.491 e. The molecule has 15 heavy (non-hydrogen) atoms. The third-order valence-electron chi connectivity index (χ3n) is 2.41. The first-order chi connectivity index (χ1) is 7.03. The van der Waals surface area contributed by atoms with Crippen LogP contribution < -0.4 is 0 Å². The van der Waals surface area contributed by atoms with Gasteiger partial charge >= 0.3 is 0 Å². The van der Waals surface area contributed by atoms with Gasteiger partial charge in [-0.05, 0) is 39.3 Å². The van der Waals surface area contributed by atoms with Crippen molar-refractivity contribution >= 4 is 0 Å². The molecule has 0 fully saturated rings. The second-order valence-electron chi connectivity index (χ2n) is 4.38. The zero-order valence-corrected chi connectivity index (χ0v) is 10.0. The first-order valence-corrected chi connectivity index (χ1v) is 5.26. The van der Waals surface area contributed by atoms with Crippen molar-refractivity contribution in [3.8, 4) is 0 Å². The number of hydrogen-bond acceptors (Lipinski definition) is 2. The minimum atomic E-state index is -0.233. The van der Waals surface area contributed by atoms with Crippen LogP contribution in [-0.2, 0) is 9.47 Å². The Bertz CT molecular complexity index is 296. The second kappa shape index (κ2) is 5.17. The van der Waals surface area contributed by atoms with Crippen LogP contribution in [0.2, 0.25) is 0 Å². The molecule has 2 heteroatoms. The van der Waals surface area contributed by atoms with Crippen molar-refractivity contribution in [3.05, 3.63) is 35.6 Å². The fourth-order valence-corrected chi connectivity index (χ4v) is 1.13. The molecule has 0 saturated heterocycles. The zero-order valence-electron chi connectivity index (χ0n) is 10.0. The van der Waals surface area contributed by atoms with E-state index in [1.54, 1.807) is 7.11 Å². The summed E-state index contributed by atoms with van der Waals surface area (Å²) in [6, 6.07) is 0. The van der Waals surface area contributed by atoms with Crippen LogP contribution in [0, 0.1) is 0 Å². The molecule has 0 N–H and O–H groups in total. The third kappa shape index (κ3) is 4.34. The molecule has 0 unspecified atom stereocenters. The van der Waals surface area contributed by atoms with Gasteiger partial charge in [0, 0.05) is 7.11 Å². The molecule has 0 bridgehead atoms. The average molecular weight is 208 g/mol. The lowest BCUT2D eigenvalue weighted by atomic mass is 10.1. The van der Waals surface area contributed by atoms with Gasteiger partial charge in [0.05, 0.1) is 5.60 Å². The van der Waals surface area contributed by atoms with Crippen LogP contribution in [0.3, 0.4) is 0 Å². The molecule has 0 atom stereocenters. The van der Waals surface area contributed by atoms with E-state index in [9.17, 15) is 0 Å². The van der Waals surface area contributed by atoms with Gasteiger partial charge in [0.15, 0.2) is 0 Å². The molecule has 0 amide bonds. The predicted octanol–water partition coefficient (Wildman–Crippen LogP) is 3.22. The summed E-state index contributed by atoms with van der Waals surface area (Å²) in [7, 11) is 1.70. The van der Waals surface area contributed by atoms with E-state index in [2.05, 4.69) is 25.2 Å².